The van der Waals surface area contributed by atoms with Crippen molar-refractivity contribution >= 4 is 22.9 Å². The monoisotopic (exact) mass is 321 g/mol. The topological polar surface area (TPSA) is 65.2 Å². The Hall–Kier alpha value is -3.21. The van der Waals surface area contributed by atoms with Crippen molar-refractivity contribution in [3.63, 3.8) is 0 Å². The smallest absolute Gasteiger partial charge is 0.332 e. The number of ketones is 1. The maximum atomic E-state index is 12.5. The van der Waals surface area contributed by atoms with Gasteiger partial charge < -0.3 is 5.21 Å². The molecule has 1 heterocycles. The van der Waals surface area contributed by atoms with E-state index >= 15 is 0 Å². The molecule has 5 heteroatoms. The number of fused-ring (bicyclic) bond motifs is 1. The third-order valence-electron chi connectivity index (χ3n) is 3.89. The normalized spacial score (nSPS) is 11.2. The highest BCUT2D eigenvalue weighted by Gasteiger charge is 2.26. The van der Waals surface area contributed by atoms with E-state index in [0.717, 1.165) is 15.9 Å². The van der Waals surface area contributed by atoms with E-state index in [1.807, 2.05) is 31.2 Å². The van der Waals surface area contributed by atoms with Crippen molar-refractivity contribution in [1.82, 2.24) is 4.73 Å². The molecule has 0 fully saturated rings. The molecule has 0 saturated heterocycles. The van der Waals surface area contributed by atoms with Crippen LogP contribution in [0.4, 0.5) is 0 Å². The van der Waals surface area contributed by atoms with Crippen LogP contribution in [-0.2, 0) is 0 Å². The lowest BCUT2D eigenvalue weighted by atomic mass is 10.1. The van der Waals surface area contributed by atoms with Gasteiger partial charge in [-0.1, -0.05) is 48.0 Å². The number of carbonyl (C=O) groups excluding carboxylic acids is 1. The van der Waals surface area contributed by atoms with E-state index in [0.29, 0.717) is 9.94 Å². The highest BCUT2D eigenvalue weighted by atomic mass is 16.5. The molecule has 0 bridgehead atoms. The zero-order chi connectivity index (χ0) is 17.3. The zero-order valence-electron chi connectivity index (χ0n) is 13.4. The molecule has 120 valence electrons. The van der Waals surface area contributed by atoms with Crippen LogP contribution in [0.15, 0.2) is 54.6 Å². The summed E-state index contributed by atoms with van der Waals surface area (Å²) in [5.74, 6) is -0.461. The summed E-state index contributed by atoms with van der Waals surface area (Å²) in [6.45, 7) is 3.50. The van der Waals surface area contributed by atoms with Crippen LogP contribution in [-0.4, -0.2) is 15.7 Å². The van der Waals surface area contributed by atoms with Crippen LogP contribution in [0.2, 0.25) is 0 Å². The first kappa shape index (κ1) is 15.7. The summed E-state index contributed by atoms with van der Waals surface area (Å²) >= 11 is 0. The third-order valence-corrected chi connectivity index (χ3v) is 3.89. The minimum absolute atomic E-state index is 0.0971. The van der Waals surface area contributed by atoms with Crippen molar-refractivity contribution in [2.75, 3.05) is 0 Å². The molecule has 0 aliphatic rings. The van der Waals surface area contributed by atoms with E-state index in [2.05, 4.69) is 0 Å². The Morgan fingerprint density at radius 2 is 1.88 bits per heavy atom. The van der Waals surface area contributed by atoms with Gasteiger partial charge in [0.1, 0.15) is 5.69 Å². The molecular formula is C19H17N2O3+. The molecule has 1 aromatic heterocycles. The Kier molecular flexibility index (Phi) is 4.00. The van der Waals surface area contributed by atoms with Gasteiger partial charge in [0.2, 0.25) is 0 Å². The van der Waals surface area contributed by atoms with Crippen LogP contribution >= 0.6 is 0 Å². The summed E-state index contributed by atoms with van der Waals surface area (Å²) in [7, 11) is 0. The molecule has 0 amide bonds. The average Bonchev–Trinajstić information content (AvgIpc) is 2.58. The second-order valence-electron chi connectivity index (χ2n) is 5.64. The number of rotatable bonds is 3. The van der Waals surface area contributed by atoms with Crippen LogP contribution in [0.3, 0.4) is 0 Å². The Morgan fingerprint density at radius 3 is 2.62 bits per heavy atom. The maximum Gasteiger partial charge on any atom is 0.332 e. The van der Waals surface area contributed by atoms with E-state index in [9.17, 15) is 14.9 Å². The van der Waals surface area contributed by atoms with Crippen molar-refractivity contribution in [2.24, 2.45) is 0 Å². The first-order valence-corrected chi connectivity index (χ1v) is 7.54. The lowest BCUT2D eigenvalue weighted by Gasteiger charge is -2.04. The number of benzene rings is 2. The summed E-state index contributed by atoms with van der Waals surface area (Å²) in [4.78, 5) is 25.1. The molecule has 0 saturated carbocycles. The first-order chi connectivity index (χ1) is 11.5. The van der Waals surface area contributed by atoms with Crippen molar-refractivity contribution in [3.05, 3.63) is 82.0 Å². The molecule has 5 nitrogen and oxygen atoms in total. The van der Waals surface area contributed by atoms with Crippen LogP contribution < -0.4 is 4.43 Å². The van der Waals surface area contributed by atoms with Gasteiger partial charge in [-0.2, -0.15) is 4.73 Å². The third kappa shape index (κ3) is 2.72. The van der Waals surface area contributed by atoms with E-state index in [1.165, 1.54) is 13.0 Å². The predicted molar refractivity (Wildman–Crippen MR) is 91.8 cm³/mol. The van der Waals surface area contributed by atoms with Gasteiger partial charge in [0.25, 0.3) is 11.3 Å². The molecular weight excluding hydrogens is 304 g/mol. The molecule has 0 atom stereocenters. The number of hydrogen-bond acceptors (Lipinski definition) is 3. The second kappa shape index (κ2) is 6.12. The fourth-order valence-electron chi connectivity index (χ4n) is 2.67. The molecule has 0 spiro atoms. The van der Waals surface area contributed by atoms with Gasteiger partial charge in [0.05, 0.1) is 4.43 Å². The molecule has 24 heavy (non-hydrogen) atoms. The zero-order valence-corrected chi connectivity index (χ0v) is 13.4. The number of carbonyl (C=O) groups is 1. The molecule has 2 aromatic carbocycles. The van der Waals surface area contributed by atoms with Crippen LogP contribution in [0.25, 0.3) is 17.1 Å². The lowest BCUT2D eigenvalue weighted by molar-refractivity contribution is -0.468. The average molecular weight is 321 g/mol. The Labute approximate surface area is 138 Å². The Balaban J connectivity index is 2.09. The van der Waals surface area contributed by atoms with Crippen LogP contribution in [0.5, 0.6) is 0 Å². The predicted octanol–water partition coefficient (Wildman–Crippen LogP) is 3.31. The van der Waals surface area contributed by atoms with Crippen LogP contribution in [0.1, 0.15) is 27.3 Å². The number of allylic oxidation sites excluding steroid dienone is 1. The van der Waals surface area contributed by atoms with Gasteiger partial charge in [0, 0.05) is 11.0 Å². The van der Waals surface area contributed by atoms with Crippen molar-refractivity contribution < 1.29 is 14.4 Å². The number of aromatic nitrogens is 2. The summed E-state index contributed by atoms with van der Waals surface area (Å²) in [6.07, 6.45) is 3.01. The molecule has 1 N–H and O–H groups in total. The SMILES string of the molecule is Cc1cccc(/C=C/C(=O)c2c(C)n(O)c3ccccc3[n+]2=O)c1. The van der Waals surface area contributed by atoms with E-state index < -0.39 is 5.78 Å². The molecule has 0 unspecified atom stereocenters. The van der Waals surface area contributed by atoms with Gasteiger partial charge in [-0.15, -0.1) is 0 Å². The summed E-state index contributed by atoms with van der Waals surface area (Å²) in [6, 6.07) is 14.3. The van der Waals surface area contributed by atoms with Gasteiger partial charge in [-0.3, -0.25) is 4.79 Å². The van der Waals surface area contributed by atoms with Gasteiger partial charge in [0.15, 0.2) is 5.52 Å². The van der Waals surface area contributed by atoms with Crippen molar-refractivity contribution in [3.8, 4) is 0 Å². The van der Waals surface area contributed by atoms with Crippen molar-refractivity contribution in [2.45, 2.75) is 13.8 Å². The fraction of sp³-hybridized carbons (Fsp3) is 0.105. The number of hydrogen-bond donors (Lipinski definition) is 1. The lowest BCUT2D eigenvalue weighted by Crippen LogP contribution is -2.30. The summed E-state index contributed by atoms with van der Waals surface area (Å²) in [5.41, 5.74) is 2.64. The summed E-state index contributed by atoms with van der Waals surface area (Å²) in [5, 5.41) is 10.2. The molecule has 3 rings (SSSR count). The number of nitrogens with zero attached hydrogens (tertiary/aromatic N) is 2. The molecule has 0 aliphatic carbocycles. The molecule has 0 radical (unpaired) electrons. The highest BCUT2D eigenvalue weighted by molar-refractivity contribution is 6.05. The Morgan fingerprint density at radius 1 is 1.12 bits per heavy atom. The van der Waals surface area contributed by atoms with E-state index in [1.54, 1.807) is 30.3 Å². The molecule has 3 aromatic rings. The van der Waals surface area contributed by atoms with Crippen LogP contribution in [0, 0.1) is 18.8 Å². The fourth-order valence-corrected chi connectivity index (χ4v) is 2.67. The Bertz CT molecular complexity index is 1030. The summed E-state index contributed by atoms with van der Waals surface area (Å²) < 4.78 is 1.44. The number of para-hydroxylation sites is 2. The first-order valence-electron chi connectivity index (χ1n) is 7.54. The largest absolute Gasteiger partial charge is 0.428 e. The second-order valence-corrected chi connectivity index (χ2v) is 5.64. The van der Waals surface area contributed by atoms with Gasteiger partial charge in [-0.25, -0.2) is 0 Å². The highest BCUT2D eigenvalue weighted by Crippen LogP contribution is 2.14. The van der Waals surface area contributed by atoms with E-state index in [4.69, 9.17) is 0 Å². The standard InChI is InChI=1S/C19H17N2O3/c1-13-6-5-7-15(12-13)10-11-18(22)19-14(2)20(23)16-8-3-4-9-17(16)21(19)24/h3-12,23H,1-2H3/q+1/b11-10+. The number of aryl methyl sites for hydroxylation is 1. The van der Waals surface area contributed by atoms with Gasteiger partial charge in [-0.05, 0) is 31.6 Å². The quantitative estimate of drug-likeness (QED) is 0.348. The molecule has 0 aliphatic heterocycles. The maximum absolute atomic E-state index is 12.5. The minimum atomic E-state index is -0.461. The van der Waals surface area contributed by atoms with Crippen molar-refractivity contribution in [1.29, 1.82) is 0 Å². The van der Waals surface area contributed by atoms with Gasteiger partial charge >= 0.3 is 5.69 Å². The minimum Gasteiger partial charge on any atom is -0.428 e. The van der Waals surface area contributed by atoms with E-state index in [-0.39, 0.29) is 16.9 Å².